The summed E-state index contributed by atoms with van der Waals surface area (Å²) in [5.74, 6) is 0.171. The third-order valence-electron chi connectivity index (χ3n) is 6.49. The number of thiocarbonyl (C=S) groups is 1. The fourth-order valence-corrected chi connectivity index (χ4v) is 5.62. The van der Waals surface area contributed by atoms with Gasteiger partial charge in [0.1, 0.15) is 5.75 Å². The molecule has 4 aromatic rings. The number of pyridine rings is 1. The molecular weight excluding hydrogens is 544 g/mol. The van der Waals surface area contributed by atoms with Gasteiger partial charge in [0.2, 0.25) is 0 Å². The summed E-state index contributed by atoms with van der Waals surface area (Å²) in [4.78, 5) is 6.82. The van der Waals surface area contributed by atoms with E-state index in [0.717, 1.165) is 38.4 Å². The smallest absolute Gasteiger partial charge is 0.174 e. The number of benzene rings is 2. The number of nitrogens with one attached hydrogen (secondary N) is 1. The lowest BCUT2D eigenvalue weighted by atomic mass is 9.96. The van der Waals surface area contributed by atoms with Gasteiger partial charge < -0.3 is 19.9 Å². The lowest BCUT2D eigenvalue weighted by Crippen LogP contribution is -2.29. The Balaban J connectivity index is 1.71. The first-order valence-corrected chi connectivity index (χ1v) is 12.8. The zero-order chi connectivity index (χ0) is 24.9. The lowest BCUT2D eigenvalue weighted by Gasteiger charge is -2.28. The molecule has 3 heterocycles. The molecule has 2 N–H and O–H groups in total. The number of aromatic nitrogens is 2. The van der Waals surface area contributed by atoms with Crippen molar-refractivity contribution in [3.05, 3.63) is 105 Å². The molecule has 2 aromatic heterocycles. The number of rotatable bonds is 4. The molecule has 2 unspecified atom stereocenters. The Morgan fingerprint density at radius 1 is 1.06 bits per heavy atom. The lowest BCUT2D eigenvalue weighted by molar-refractivity contribution is 0.471. The summed E-state index contributed by atoms with van der Waals surface area (Å²) < 4.78 is 3.09. The van der Waals surface area contributed by atoms with Gasteiger partial charge in [-0.15, -0.1) is 0 Å². The predicted octanol–water partition coefficient (Wildman–Crippen LogP) is 7.10. The van der Waals surface area contributed by atoms with Crippen molar-refractivity contribution >= 4 is 50.5 Å². The Bertz CT molecular complexity index is 1440. The molecule has 5 rings (SSSR count). The van der Waals surface area contributed by atoms with Gasteiger partial charge in [0, 0.05) is 32.8 Å². The molecule has 1 aliphatic heterocycles. The van der Waals surface area contributed by atoms with Crippen molar-refractivity contribution in [1.82, 2.24) is 14.9 Å². The van der Waals surface area contributed by atoms with E-state index >= 15 is 0 Å². The molecule has 178 valence electrons. The van der Waals surface area contributed by atoms with E-state index in [-0.39, 0.29) is 17.8 Å². The van der Waals surface area contributed by atoms with Crippen LogP contribution >= 0.6 is 39.7 Å². The Kier molecular flexibility index (Phi) is 6.34. The molecule has 1 fully saturated rings. The Morgan fingerprint density at radius 2 is 1.86 bits per heavy atom. The van der Waals surface area contributed by atoms with Crippen LogP contribution in [0.25, 0.3) is 5.69 Å². The van der Waals surface area contributed by atoms with Crippen molar-refractivity contribution in [2.24, 2.45) is 0 Å². The van der Waals surface area contributed by atoms with E-state index in [4.69, 9.17) is 23.8 Å². The summed E-state index contributed by atoms with van der Waals surface area (Å²) >= 11 is 15.8. The number of nitrogens with zero attached hydrogens (tertiary/aromatic N) is 3. The van der Waals surface area contributed by atoms with Gasteiger partial charge in [-0.1, -0.05) is 33.6 Å². The number of aromatic hydroxyl groups is 1. The number of aryl methyl sites for hydroxylation is 2. The third kappa shape index (κ3) is 4.22. The first-order valence-electron chi connectivity index (χ1n) is 11.2. The normalized spacial score (nSPS) is 17.6. The van der Waals surface area contributed by atoms with Gasteiger partial charge >= 0.3 is 0 Å². The van der Waals surface area contributed by atoms with E-state index in [0.29, 0.717) is 15.8 Å². The van der Waals surface area contributed by atoms with Crippen molar-refractivity contribution < 1.29 is 5.11 Å². The fourth-order valence-electron chi connectivity index (χ4n) is 4.86. The average Bonchev–Trinajstić information content (AvgIpc) is 3.33. The molecular formula is C27H24BrClN4OS. The first-order chi connectivity index (χ1) is 16.8. The number of hydrogen-bond donors (Lipinski definition) is 2. The molecule has 35 heavy (non-hydrogen) atoms. The number of phenolic OH excluding ortho intramolecular Hbond substituents is 1. The maximum atomic E-state index is 10.6. The zero-order valence-electron chi connectivity index (χ0n) is 19.5. The summed E-state index contributed by atoms with van der Waals surface area (Å²) in [6, 6.07) is 19.1. The van der Waals surface area contributed by atoms with Crippen LogP contribution in [0.3, 0.4) is 0 Å². The summed E-state index contributed by atoms with van der Waals surface area (Å²) in [5.41, 5.74) is 6.75. The van der Waals surface area contributed by atoms with Gasteiger partial charge in [-0.2, -0.15) is 0 Å². The van der Waals surface area contributed by atoms with Crippen LogP contribution in [0.1, 0.15) is 40.3 Å². The highest BCUT2D eigenvalue weighted by atomic mass is 79.9. The molecule has 2 atom stereocenters. The fraction of sp³-hybridized carbons (Fsp3) is 0.185. The number of anilines is 1. The van der Waals surface area contributed by atoms with Gasteiger partial charge in [-0.05, 0) is 98.7 Å². The minimum absolute atomic E-state index is 0.153. The Hall–Kier alpha value is -2.87. The van der Waals surface area contributed by atoms with Gasteiger partial charge in [0.15, 0.2) is 5.11 Å². The van der Waals surface area contributed by atoms with E-state index in [1.807, 2.05) is 35.8 Å². The average molecular weight is 568 g/mol. The van der Waals surface area contributed by atoms with Crippen LogP contribution in [0.4, 0.5) is 5.69 Å². The van der Waals surface area contributed by atoms with Crippen molar-refractivity contribution in [2.75, 3.05) is 4.90 Å². The quantitative estimate of drug-likeness (QED) is 0.258. The molecule has 0 aliphatic carbocycles. The molecule has 5 nitrogen and oxygen atoms in total. The van der Waals surface area contributed by atoms with Crippen LogP contribution < -0.4 is 10.2 Å². The number of phenols is 1. The van der Waals surface area contributed by atoms with Crippen molar-refractivity contribution in [1.29, 1.82) is 0 Å². The highest BCUT2D eigenvalue weighted by Crippen LogP contribution is 2.44. The van der Waals surface area contributed by atoms with E-state index in [1.165, 1.54) is 0 Å². The molecule has 0 saturated carbocycles. The number of halogens is 2. The van der Waals surface area contributed by atoms with E-state index in [9.17, 15) is 5.11 Å². The maximum Gasteiger partial charge on any atom is 0.174 e. The molecule has 2 aromatic carbocycles. The highest BCUT2D eigenvalue weighted by Gasteiger charge is 2.42. The van der Waals surface area contributed by atoms with Crippen LogP contribution in [-0.2, 0) is 0 Å². The maximum absolute atomic E-state index is 10.6. The van der Waals surface area contributed by atoms with Gasteiger partial charge in [0.25, 0.3) is 0 Å². The Morgan fingerprint density at radius 3 is 2.57 bits per heavy atom. The highest BCUT2D eigenvalue weighted by molar-refractivity contribution is 9.10. The third-order valence-corrected chi connectivity index (χ3v) is 7.92. The second kappa shape index (κ2) is 9.30. The molecule has 0 radical (unpaired) electrons. The minimum atomic E-state index is -0.158. The zero-order valence-corrected chi connectivity index (χ0v) is 22.6. The van der Waals surface area contributed by atoms with Crippen molar-refractivity contribution in [2.45, 2.75) is 32.9 Å². The molecule has 0 bridgehead atoms. The van der Waals surface area contributed by atoms with Crippen LogP contribution in [-0.4, -0.2) is 19.8 Å². The monoisotopic (exact) mass is 566 g/mol. The summed E-state index contributed by atoms with van der Waals surface area (Å²) in [7, 11) is 0. The summed E-state index contributed by atoms with van der Waals surface area (Å²) in [5, 5.41) is 15.4. The molecule has 1 aliphatic rings. The SMILES string of the molecule is Cc1cc(N2C(=S)NC(c3ccccn3)C2c2cc(C)n(-c3cc(Cl)ccc3O)c2C)ccc1Br. The number of hydrogen-bond acceptors (Lipinski definition) is 3. The van der Waals surface area contributed by atoms with Crippen LogP contribution in [0.15, 0.2) is 71.3 Å². The summed E-state index contributed by atoms with van der Waals surface area (Å²) in [6.45, 7) is 6.16. The molecule has 8 heteroatoms. The van der Waals surface area contributed by atoms with Gasteiger partial charge in [-0.3, -0.25) is 4.98 Å². The second-order valence-corrected chi connectivity index (χ2v) is 10.4. The van der Waals surface area contributed by atoms with Gasteiger partial charge in [0.05, 0.1) is 23.5 Å². The van der Waals surface area contributed by atoms with Gasteiger partial charge in [-0.25, -0.2) is 0 Å². The van der Waals surface area contributed by atoms with Crippen LogP contribution in [0.5, 0.6) is 5.75 Å². The van der Waals surface area contributed by atoms with E-state index < -0.39 is 0 Å². The predicted molar refractivity (Wildman–Crippen MR) is 149 cm³/mol. The standard InChI is InChI=1S/C27H24BrClN4OS/c1-15-12-19(8-9-21(15)28)33-26(25(31-27(33)35)22-6-4-5-11-30-22)20-13-16(2)32(17(20)3)23-14-18(29)7-10-24(23)34/h4-14,25-26,34H,1-3H3,(H,31,35). The largest absolute Gasteiger partial charge is 0.506 e. The first kappa shape index (κ1) is 23.9. The molecule has 0 amide bonds. The molecule has 0 spiro atoms. The van der Waals surface area contributed by atoms with E-state index in [2.05, 4.69) is 63.2 Å². The van der Waals surface area contributed by atoms with E-state index in [1.54, 1.807) is 24.4 Å². The van der Waals surface area contributed by atoms with Crippen LogP contribution in [0, 0.1) is 20.8 Å². The summed E-state index contributed by atoms with van der Waals surface area (Å²) in [6.07, 6.45) is 1.80. The van der Waals surface area contributed by atoms with Crippen molar-refractivity contribution in [3.63, 3.8) is 0 Å². The molecule has 1 saturated heterocycles. The van der Waals surface area contributed by atoms with Crippen LogP contribution in [0.2, 0.25) is 5.02 Å². The second-order valence-electron chi connectivity index (χ2n) is 8.73. The van der Waals surface area contributed by atoms with Crippen molar-refractivity contribution in [3.8, 4) is 11.4 Å². The Labute approximate surface area is 223 Å². The minimum Gasteiger partial charge on any atom is -0.506 e. The topological polar surface area (TPSA) is 53.3 Å².